The summed E-state index contributed by atoms with van der Waals surface area (Å²) in [7, 11) is 1.73. The van der Waals surface area contributed by atoms with E-state index in [-0.39, 0.29) is 13.5 Å². The third-order valence-electron chi connectivity index (χ3n) is 0.214. The molecule has 0 rings (SSSR count). The highest BCUT2D eigenvalue weighted by Crippen LogP contribution is 1.69. The lowest BCUT2D eigenvalue weighted by Crippen LogP contribution is -2.06. The zero-order valence-electron chi connectivity index (χ0n) is 3.36. The van der Waals surface area contributed by atoms with Crippen molar-refractivity contribution in [3.8, 4) is 0 Å². The van der Waals surface area contributed by atoms with Gasteiger partial charge in [0.15, 0.2) is 0 Å². The van der Waals surface area contributed by atoms with E-state index >= 15 is 0 Å². The number of hydrogen-bond acceptors (Lipinski definition) is 1. The average molecular weight is 141 g/mol. The summed E-state index contributed by atoms with van der Waals surface area (Å²) in [5.74, 6) is 0. The van der Waals surface area contributed by atoms with Crippen molar-refractivity contribution in [3.63, 3.8) is 0 Å². The summed E-state index contributed by atoms with van der Waals surface area (Å²) in [5, 5.41) is 2.62. The predicted molar refractivity (Wildman–Crippen MR) is 41.0 cm³/mol. The minimum Gasteiger partial charge on any atom is -0.374 e. The third-order valence-corrected chi connectivity index (χ3v) is 0.642. The molecule has 0 aromatic rings. The molecule has 0 unspecified atom stereocenters. The Morgan fingerprint density at radius 2 is 2.00 bits per heavy atom. The molecule has 0 heterocycles. The molecule has 0 aliphatic carbocycles. The third kappa shape index (κ3) is 8.82. The number of nitrogens with one attached hydrogen (secondary N) is 1. The number of thiol groups is 1. The first-order valence-electron chi connectivity index (χ1n) is 1.18. The summed E-state index contributed by atoms with van der Waals surface area (Å²) in [6.07, 6.45) is 0. The molecule has 0 fully saturated rings. The van der Waals surface area contributed by atoms with E-state index in [1.165, 1.54) is 0 Å². The molecular formula is C2H7NS3. The summed E-state index contributed by atoms with van der Waals surface area (Å²) in [4.78, 5) is 0. The van der Waals surface area contributed by atoms with E-state index in [9.17, 15) is 0 Å². The topological polar surface area (TPSA) is 12.0 Å². The van der Waals surface area contributed by atoms with Crippen LogP contribution < -0.4 is 5.32 Å². The van der Waals surface area contributed by atoms with E-state index in [1.807, 2.05) is 0 Å². The van der Waals surface area contributed by atoms with E-state index in [2.05, 4.69) is 30.2 Å². The Morgan fingerprint density at radius 3 is 2.00 bits per heavy atom. The van der Waals surface area contributed by atoms with Gasteiger partial charge >= 0.3 is 0 Å². The Balaban J connectivity index is 0. The minimum absolute atomic E-state index is 0. The molecule has 1 N–H and O–H groups in total. The zero-order valence-corrected chi connectivity index (χ0v) is 6.07. The van der Waals surface area contributed by atoms with Crippen LogP contribution in [0.25, 0.3) is 0 Å². The Hall–Kier alpha value is 0.590. The lowest BCUT2D eigenvalue weighted by Gasteiger charge is -1.83. The molecule has 0 saturated carbocycles. The second-order valence-corrected chi connectivity index (χ2v) is 1.71. The molecule has 0 aliphatic rings. The maximum atomic E-state index is 4.45. The van der Waals surface area contributed by atoms with E-state index in [1.54, 1.807) is 7.05 Å². The molecule has 6 heavy (non-hydrogen) atoms. The van der Waals surface area contributed by atoms with Gasteiger partial charge in [0.1, 0.15) is 4.32 Å². The normalized spacial score (nSPS) is 5.67. The first kappa shape index (κ1) is 9.77. The van der Waals surface area contributed by atoms with Crippen LogP contribution in [-0.4, -0.2) is 11.4 Å². The Bertz CT molecular complexity index is 44.1. The number of thiocarbonyl (C=S) groups is 1. The lowest BCUT2D eigenvalue weighted by atomic mass is 11.2. The maximum Gasteiger partial charge on any atom is 0.130 e. The summed E-state index contributed by atoms with van der Waals surface area (Å²) in [6, 6.07) is 0. The van der Waals surface area contributed by atoms with Crippen molar-refractivity contribution in [2.24, 2.45) is 0 Å². The van der Waals surface area contributed by atoms with Crippen LogP contribution in [0.15, 0.2) is 0 Å². The van der Waals surface area contributed by atoms with Gasteiger partial charge in [0.25, 0.3) is 0 Å². The zero-order chi connectivity index (χ0) is 4.28. The Kier molecular flexibility index (Phi) is 9.11. The van der Waals surface area contributed by atoms with Crippen molar-refractivity contribution < 1.29 is 0 Å². The second kappa shape index (κ2) is 5.59. The van der Waals surface area contributed by atoms with Crippen LogP contribution in [0.4, 0.5) is 0 Å². The standard InChI is InChI=1S/C2H5NS2.H2S/c1-3-2(4)5;/h1H3,(H2,3,4,5);1H2. The smallest absolute Gasteiger partial charge is 0.130 e. The van der Waals surface area contributed by atoms with Gasteiger partial charge in [0.2, 0.25) is 0 Å². The minimum atomic E-state index is 0. The number of rotatable bonds is 0. The van der Waals surface area contributed by atoms with Gasteiger partial charge in [0.05, 0.1) is 0 Å². The van der Waals surface area contributed by atoms with Crippen LogP contribution in [0.2, 0.25) is 0 Å². The van der Waals surface area contributed by atoms with Crippen LogP contribution in [0.5, 0.6) is 0 Å². The molecule has 0 aromatic heterocycles. The van der Waals surface area contributed by atoms with Crippen LogP contribution in [0.1, 0.15) is 0 Å². The molecule has 0 atom stereocenters. The van der Waals surface area contributed by atoms with Gasteiger partial charge in [0, 0.05) is 7.05 Å². The highest BCUT2D eigenvalue weighted by atomic mass is 32.1. The second-order valence-electron chi connectivity index (χ2n) is 0.555. The van der Waals surface area contributed by atoms with E-state index in [0.717, 1.165) is 0 Å². The van der Waals surface area contributed by atoms with Gasteiger partial charge < -0.3 is 5.32 Å². The summed E-state index contributed by atoms with van der Waals surface area (Å²) in [6.45, 7) is 0. The van der Waals surface area contributed by atoms with Gasteiger partial charge in [-0.3, -0.25) is 0 Å². The summed E-state index contributed by atoms with van der Waals surface area (Å²) >= 11 is 8.17. The van der Waals surface area contributed by atoms with Crippen LogP contribution in [-0.2, 0) is 0 Å². The first-order chi connectivity index (χ1) is 2.27. The highest BCUT2D eigenvalue weighted by Gasteiger charge is 1.67. The van der Waals surface area contributed by atoms with Gasteiger partial charge in [-0.1, -0.05) is 12.2 Å². The average Bonchev–Trinajstić information content (AvgIpc) is 1.38. The molecule has 0 amide bonds. The van der Waals surface area contributed by atoms with Crippen LogP contribution in [0.3, 0.4) is 0 Å². The van der Waals surface area contributed by atoms with Crippen molar-refractivity contribution in [2.75, 3.05) is 7.05 Å². The van der Waals surface area contributed by atoms with Crippen molar-refractivity contribution in [3.05, 3.63) is 0 Å². The van der Waals surface area contributed by atoms with E-state index < -0.39 is 0 Å². The van der Waals surface area contributed by atoms with Gasteiger partial charge in [-0.25, -0.2) is 0 Å². The SMILES string of the molecule is CNC(=S)S.S. The molecule has 0 aromatic carbocycles. The monoisotopic (exact) mass is 141 g/mol. The molecule has 0 saturated heterocycles. The fraction of sp³-hybridized carbons (Fsp3) is 0.500. The quantitative estimate of drug-likeness (QED) is 0.377. The lowest BCUT2D eigenvalue weighted by molar-refractivity contribution is 1.23. The largest absolute Gasteiger partial charge is 0.374 e. The summed E-state index contributed by atoms with van der Waals surface area (Å²) in [5.41, 5.74) is 0. The van der Waals surface area contributed by atoms with Crippen LogP contribution >= 0.6 is 38.3 Å². The highest BCUT2D eigenvalue weighted by molar-refractivity contribution is 8.11. The van der Waals surface area contributed by atoms with Crippen LogP contribution in [0, 0.1) is 0 Å². The summed E-state index contributed by atoms with van der Waals surface area (Å²) < 4.78 is 0.532. The molecule has 0 bridgehead atoms. The fourth-order valence-corrected chi connectivity index (χ4v) is 0. The fourth-order valence-electron chi connectivity index (χ4n) is 0. The van der Waals surface area contributed by atoms with Crippen molar-refractivity contribution in [2.45, 2.75) is 0 Å². The first-order valence-corrected chi connectivity index (χ1v) is 2.03. The molecule has 4 heteroatoms. The van der Waals surface area contributed by atoms with Crippen molar-refractivity contribution >= 4 is 42.7 Å². The van der Waals surface area contributed by atoms with Crippen molar-refractivity contribution in [1.29, 1.82) is 0 Å². The molecule has 0 aliphatic heterocycles. The van der Waals surface area contributed by atoms with Crippen molar-refractivity contribution in [1.82, 2.24) is 5.32 Å². The van der Waals surface area contributed by atoms with E-state index in [4.69, 9.17) is 0 Å². The molecule has 0 spiro atoms. The predicted octanol–water partition coefficient (Wildman–Crippen LogP) is 0.533. The molecule has 1 nitrogen and oxygen atoms in total. The van der Waals surface area contributed by atoms with Gasteiger partial charge in [-0.2, -0.15) is 13.5 Å². The molecule has 0 radical (unpaired) electrons. The Morgan fingerprint density at radius 1 is 1.83 bits per heavy atom. The maximum absolute atomic E-state index is 4.45. The molecular weight excluding hydrogens is 134 g/mol. The van der Waals surface area contributed by atoms with Gasteiger partial charge in [-0.15, -0.1) is 12.6 Å². The van der Waals surface area contributed by atoms with Gasteiger partial charge in [-0.05, 0) is 0 Å². The Labute approximate surface area is 55.4 Å². The molecule has 38 valence electrons. The number of hydrogen-bond donors (Lipinski definition) is 2. The van der Waals surface area contributed by atoms with E-state index in [0.29, 0.717) is 4.32 Å².